The van der Waals surface area contributed by atoms with Gasteiger partial charge in [-0.3, -0.25) is 29.3 Å². The molecule has 0 atom stereocenters. The van der Waals surface area contributed by atoms with E-state index in [1.54, 1.807) is 24.4 Å². The Morgan fingerprint density at radius 1 is 0.698 bits per heavy atom. The Kier molecular flexibility index (Phi) is 17.7. The van der Waals surface area contributed by atoms with Crippen molar-refractivity contribution in [2.75, 3.05) is 11.5 Å². The van der Waals surface area contributed by atoms with Crippen LogP contribution in [0.25, 0.3) is 18.2 Å². The second-order valence-electron chi connectivity index (χ2n) is 8.93. The molecule has 0 aliphatic rings. The highest BCUT2D eigenvalue weighted by Gasteiger charge is 2.03. The van der Waals surface area contributed by atoms with Crippen molar-refractivity contribution in [2.45, 2.75) is 38.2 Å². The third-order valence-electron chi connectivity index (χ3n) is 5.15. The molecule has 228 valence electrons. The summed E-state index contributed by atoms with van der Waals surface area (Å²) in [6.07, 6.45) is 7.53. The van der Waals surface area contributed by atoms with Gasteiger partial charge >= 0.3 is 17.9 Å². The van der Waals surface area contributed by atoms with Crippen LogP contribution in [0.2, 0.25) is 0 Å². The van der Waals surface area contributed by atoms with E-state index in [1.807, 2.05) is 50.2 Å². The molecule has 3 aromatic rings. The molecule has 0 fully saturated rings. The second kappa shape index (κ2) is 20.6. The van der Waals surface area contributed by atoms with E-state index in [-0.39, 0.29) is 17.9 Å². The number of carboxylic acid groups (broad SMARTS) is 3. The highest BCUT2D eigenvalue weighted by molar-refractivity contribution is 7.99. The minimum Gasteiger partial charge on any atom is -0.481 e. The van der Waals surface area contributed by atoms with Crippen LogP contribution < -0.4 is 0 Å². The molecular formula is C32H37N3O6S2. The molecule has 43 heavy (non-hydrogen) atoms. The van der Waals surface area contributed by atoms with E-state index in [9.17, 15) is 14.4 Å². The molecule has 0 spiro atoms. The third-order valence-corrected chi connectivity index (χ3v) is 7.05. The van der Waals surface area contributed by atoms with E-state index in [4.69, 9.17) is 15.3 Å². The SMILES string of the molecule is C=Cc1cc(C)nc(CCC(=O)O)c1.C=Cc1cc(C)nc(CSCC(=O)O)c1.C=Cc1ccnc(CSCC(=O)O)c1. The summed E-state index contributed by atoms with van der Waals surface area (Å²) in [5, 5.41) is 25.4. The number of rotatable bonds is 14. The first-order chi connectivity index (χ1) is 20.4. The molecule has 0 amide bonds. The monoisotopic (exact) mass is 623 g/mol. The maximum Gasteiger partial charge on any atom is 0.313 e. The predicted octanol–water partition coefficient (Wildman–Crippen LogP) is 6.44. The Morgan fingerprint density at radius 3 is 1.65 bits per heavy atom. The van der Waals surface area contributed by atoms with Crippen LogP contribution in [0.4, 0.5) is 0 Å². The first-order valence-corrected chi connectivity index (χ1v) is 15.3. The van der Waals surface area contributed by atoms with Crippen molar-refractivity contribution < 1.29 is 29.7 Å². The standard InChI is InChI=1S/C11H13NO2S.C11H13NO2.C10H11NO2S/c1-3-9-4-8(2)12-10(5-9)6-15-7-11(13)14;1-3-9-6-8(2)12-10(7-9)4-5-11(13)14;1-2-8-3-4-11-9(5-8)6-14-7-10(12)13/h3-5H,1,6-7H2,2H3,(H,13,14);3,6-7H,1,4-5H2,2H3,(H,13,14);2-5H,1,6-7H2,(H,12,13). The lowest BCUT2D eigenvalue weighted by molar-refractivity contribution is -0.137. The zero-order chi connectivity index (χ0) is 32.2. The fourth-order valence-corrected chi connectivity index (χ4v) is 4.67. The molecule has 9 nitrogen and oxygen atoms in total. The highest BCUT2D eigenvalue weighted by Crippen LogP contribution is 2.14. The second-order valence-corrected chi connectivity index (χ2v) is 10.9. The Hall–Kier alpha value is -4.22. The number of hydrogen-bond acceptors (Lipinski definition) is 8. The van der Waals surface area contributed by atoms with Gasteiger partial charge in [-0.25, -0.2) is 0 Å². The van der Waals surface area contributed by atoms with Gasteiger partial charge in [-0.2, -0.15) is 0 Å². The number of thioether (sulfide) groups is 2. The fourth-order valence-electron chi connectivity index (χ4n) is 3.39. The number of carbonyl (C=O) groups is 3. The Morgan fingerprint density at radius 2 is 1.16 bits per heavy atom. The van der Waals surface area contributed by atoms with Crippen molar-refractivity contribution in [3.05, 3.63) is 107 Å². The average Bonchev–Trinajstić information content (AvgIpc) is 2.96. The maximum atomic E-state index is 10.4. The summed E-state index contributed by atoms with van der Waals surface area (Å²) in [5.41, 5.74) is 7.42. The molecular weight excluding hydrogens is 587 g/mol. The summed E-state index contributed by atoms with van der Waals surface area (Å²) < 4.78 is 0. The summed E-state index contributed by atoms with van der Waals surface area (Å²) in [7, 11) is 0. The zero-order valence-corrected chi connectivity index (χ0v) is 26.0. The van der Waals surface area contributed by atoms with E-state index in [1.165, 1.54) is 23.5 Å². The van der Waals surface area contributed by atoms with Crippen molar-refractivity contribution in [3.8, 4) is 0 Å². The van der Waals surface area contributed by atoms with Crippen molar-refractivity contribution in [2.24, 2.45) is 0 Å². The highest BCUT2D eigenvalue weighted by atomic mass is 32.2. The van der Waals surface area contributed by atoms with Crippen molar-refractivity contribution in [1.82, 2.24) is 15.0 Å². The molecule has 3 N–H and O–H groups in total. The normalized spacial score (nSPS) is 9.81. The molecule has 3 rings (SSSR count). The van der Waals surface area contributed by atoms with Crippen molar-refractivity contribution in [3.63, 3.8) is 0 Å². The summed E-state index contributed by atoms with van der Waals surface area (Å²) >= 11 is 2.68. The molecule has 0 saturated carbocycles. The number of aryl methyl sites for hydroxylation is 3. The smallest absolute Gasteiger partial charge is 0.313 e. The van der Waals surface area contributed by atoms with Crippen LogP contribution >= 0.6 is 23.5 Å². The van der Waals surface area contributed by atoms with Gasteiger partial charge in [-0.05, 0) is 66.9 Å². The first kappa shape index (κ1) is 36.8. The molecule has 11 heteroatoms. The molecule has 0 radical (unpaired) electrons. The number of pyridine rings is 3. The maximum absolute atomic E-state index is 10.4. The summed E-state index contributed by atoms with van der Waals surface area (Å²) in [6, 6.07) is 11.4. The van der Waals surface area contributed by atoms with Gasteiger partial charge in [0.15, 0.2) is 0 Å². The molecule has 0 saturated heterocycles. The number of hydrogen-bond donors (Lipinski definition) is 3. The lowest BCUT2D eigenvalue weighted by atomic mass is 10.1. The zero-order valence-electron chi connectivity index (χ0n) is 24.4. The number of nitrogens with zero attached hydrogens (tertiary/aromatic N) is 3. The van der Waals surface area contributed by atoms with Gasteiger partial charge in [0, 0.05) is 41.2 Å². The summed E-state index contributed by atoms with van der Waals surface area (Å²) in [6.45, 7) is 14.8. The lowest BCUT2D eigenvalue weighted by Crippen LogP contribution is -2.00. The van der Waals surface area contributed by atoms with Gasteiger partial charge in [0.2, 0.25) is 0 Å². The molecule has 0 aromatic carbocycles. The van der Waals surface area contributed by atoms with Crippen molar-refractivity contribution >= 4 is 59.7 Å². The molecule has 0 bridgehead atoms. The molecule has 0 aliphatic heterocycles. The van der Waals surface area contributed by atoms with Crippen LogP contribution in [0.5, 0.6) is 0 Å². The van der Waals surface area contributed by atoms with Crippen LogP contribution in [-0.2, 0) is 32.3 Å². The third kappa shape index (κ3) is 17.4. The first-order valence-electron chi connectivity index (χ1n) is 13.0. The van der Waals surface area contributed by atoms with E-state index in [2.05, 4.69) is 34.7 Å². The predicted molar refractivity (Wildman–Crippen MR) is 176 cm³/mol. The van der Waals surface area contributed by atoms with Gasteiger partial charge < -0.3 is 15.3 Å². The largest absolute Gasteiger partial charge is 0.481 e. The van der Waals surface area contributed by atoms with Gasteiger partial charge in [0.1, 0.15) is 0 Å². The Labute approximate surface area is 260 Å². The van der Waals surface area contributed by atoms with Gasteiger partial charge in [-0.1, -0.05) is 38.0 Å². The van der Waals surface area contributed by atoms with Gasteiger partial charge in [0.25, 0.3) is 0 Å². The number of carboxylic acids is 3. The number of aromatic nitrogens is 3. The van der Waals surface area contributed by atoms with Gasteiger partial charge in [0.05, 0.1) is 29.3 Å². The minimum absolute atomic E-state index is 0.110. The number of aliphatic carboxylic acids is 3. The van der Waals surface area contributed by atoms with E-state index in [0.29, 0.717) is 17.9 Å². The van der Waals surface area contributed by atoms with E-state index < -0.39 is 17.9 Å². The van der Waals surface area contributed by atoms with E-state index in [0.717, 1.165) is 45.2 Å². The molecule has 0 aliphatic carbocycles. The summed E-state index contributed by atoms with van der Waals surface area (Å²) in [4.78, 5) is 43.6. The lowest BCUT2D eigenvalue weighted by Gasteiger charge is -2.03. The topological polar surface area (TPSA) is 151 Å². The quantitative estimate of drug-likeness (QED) is 0.182. The van der Waals surface area contributed by atoms with Gasteiger partial charge in [-0.15, -0.1) is 23.5 Å². The van der Waals surface area contributed by atoms with Crippen LogP contribution in [0.3, 0.4) is 0 Å². The van der Waals surface area contributed by atoms with Crippen LogP contribution in [0.15, 0.2) is 62.3 Å². The fraction of sp³-hybridized carbons (Fsp3) is 0.250. The van der Waals surface area contributed by atoms with Crippen LogP contribution in [0, 0.1) is 13.8 Å². The molecule has 3 heterocycles. The van der Waals surface area contributed by atoms with Crippen LogP contribution in [0.1, 0.15) is 51.6 Å². The average molecular weight is 624 g/mol. The Bertz CT molecular complexity index is 1410. The summed E-state index contributed by atoms with van der Waals surface area (Å²) in [5.74, 6) is -0.929. The van der Waals surface area contributed by atoms with Crippen molar-refractivity contribution in [1.29, 1.82) is 0 Å². The minimum atomic E-state index is -0.798. The Balaban J connectivity index is 0.000000323. The molecule has 0 unspecified atom stereocenters. The van der Waals surface area contributed by atoms with Crippen LogP contribution in [-0.4, -0.2) is 59.7 Å². The van der Waals surface area contributed by atoms with E-state index >= 15 is 0 Å². The molecule has 3 aromatic heterocycles.